The highest BCUT2D eigenvalue weighted by Gasteiger charge is 2.37. The fraction of sp³-hybridized carbons (Fsp3) is 0.500. The Morgan fingerprint density at radius 1 is 1.39 bits per heavy atom. The quantitative estimate of drug-likeness (QED) is 0.859. The van der Waals surface area contributed by atoms with Crippen molar-refractivity contribution in [1.82, 2.24) is 0 Å². The second-order valence-electron chi connectivity index (χ2n) is 4.75. The number of benzene rings is 1. The number of rotatable bonds is 4. The lowest BCUT2D eigenvalue weighted by Gasteiger charge is -2.23. The third-order valence-corrected chi connectivity index (χ3v) is 3.38. The molecule has 1 aromatic carbocycles. The van der Waals surface area contributed by atoms with Crippen molar-refractivity contribution in [2.24, 2.45) is 5.73 Å². The summed E-state index contributed by atoms with van der Waals surface area (Å²) in [6.45, 7) is 2.49. The molecule has 1 aliphatic carbocycles. The summed E-state index contributed by atoms with van der Waals surface area (Å²) in [5.74, 6) is 0.585. The van der Waals surface area contributed by atoms with Crippen LogP contribution in [0.15, 0.2) is 24.3 Å². The van der Waals surface area contributed by atoms with Gasteiger partial charge in [-0.15, -0.1) is 0 Å². The van der Waals surface area contributed by atoms with Crippen LogP contribution in [0.2, 0.25) is 0 Å². The van der Waals surface area contributed by atoms with E-state index in [0.717, 1.165) is 25.7 Å². The van der Waals surface area contributed by atoms with Gasteiger partial charge in [0.1, 0.15) is 5.75 Å². The molecule has 1 fully saturated rings. The summed E-state index contributed by atoms with van der Waals surface area (Å²) in [5, 5.41) is 2.89. The van der Waals surface area contributed by atoms with Gasteiger partial charge < -0.3 is 15.8 Å². The molecule has 0 atom stereocenters. The largest absolute Gasteiger partial charge is 0.492 e. The first-order valence-corrected chi connectivity index (χ1v) is 6.48. The molecule has 1 aliphatic rings. The number of para-hydroxylation sites is 2. The zero-order valence-corrected chi connectivity index (χ0v) is 10.7. The molecule has 0 unspecified atom stereocenters. The van der Waals surface area contributed by atoms with Gasteiger partial charge in [0.25, 0.3) is 0 Å². The first-order valence-electron chi connectivity index (χ1n) is 6.48. The molecule has 0 heterocycles. The number of ether oxygens (including phenoxy) is 1. The minimum absolute atomic E-state index is 0.104. The Kier molecular flexibility index (Phi) is 3.87. The van der Waals surface area contributed by atoms with Crippen LogP contribution in [-0.4, -0.2) is 18.1 Å². The standard InChI is InChI=1S/C14H20N2O2/c1-2-18-12-8-4-3-7-11(12)16-13(17)14(15)9-5-6-10-14/h3-4,7-8H,2,5-6,9-10,15H2,1H3,(H,16,17). The maximum atomic E-state index is 12.2. The molecule has 0 spiro atoms. The molecule has 0 aromatic heterocycles. The van der Waals surface area contributed by atoms with Gasteiger partial charge in [0.05, 0.1) is 17.8 Å². The first-order chi connectivity index (χ1) is 8.65. The van der Waals surface area contributed by atoms with Crippen molar-refractivity contribution >= 4 is 11.6 Å². The summed E-state index contributed by atoms with van der Waals surface area (Å²) >= 11 is 0. The van der Waals surface area contributed by atoms with Crippen molar-refractivity contribution in [2.45, 2.75) is 38.1 Å². The molecule has 4 nitrogen and oxygen atoms in total. The average molecular weight is 248 g/mol. The van der Waals surface area contributed by atoms with Gasteiger partial charge in [0, 0.05) is 0 Å². The summed E-state index contributed by atoms with van der Waals surface area (Å²) in [7, 11) is 0. The number of hydrogen-bond donors (Lipinski definition) is 2. The highest BCUT2D eigenvalue weighted by atomic mass is 16.5. The van der Waals surface area contributed by atoms with Crippen LogP contribution in [0, 0.1) is 0 Å². The molecule has 1 amide bonds. The number of carbonyl (C=O) groups excluding carboxylic acids is 1. The van der Waals surface area contributed by atoms with Crippen LogP contribution < -0.4 is 15.8 Å². The third-order valence-electron chi connectivity index (χ3n) is 3.38. The van der Waals surface area contributed by atoms with Crippen LogP contribution in [0.5, 0.6) is 5.75 Å². The fourth-order valence-corrected chi connectivity index (χ4v) is 2.33. The van der Waals surface area contributed by atoms with Crippen LogP contribution in [0.25, 0.3) is 0 Å². The van der Waals surface area contributed by atoms with Gasteiger partial charge in [-0.05, 0) is 31.9 Å². The molecule has 3 N–H and O–H groups in total. The maximum Gasteiger partial charge on any atom is 0.244 e. The zero-order chi connectivity index (χ0) is 13.0. The molecule has 1 aromatic rings. The normalized spacial score (nSPS) is 17.4. The predicted molar refractivity (Wildman–Crippen MR) is 71.6 cm³/mol. The Hall–Kier alpha value is -1.55. The molecule has 2 rings (SSSR count). The minimum Gasteiger partial charge on any atom is -0.492 e. The van der Waals surface area contributed by atoms with E-state index in [1.54, 1.807) is 0 Å². The van der Waals surface area contributed by atoms with E-state index >= 15 is 0 Å². The second-order valence-corrected chi connectivity index (χ2v) is 4.75. The molecule has 98 valence electrons. The van der Waals surface area contributed by atoms with E-state index in [0.29, 0.717) is 18.0 Å². The fourth-order valence-electron chi connectivity index (χ4n) is 2.33. The summed E-state index contributed by atoms with van der Waals surface area (Å²) in [4.78, 5) is 12.2. The number of hydrogen-bond acceptors (Lipinski definition) is 3. The Labute approximate surface area is 108 Å². The summed E-state index contributed by atoms with van der Waals surface area (Å²) in [6.07, 6.45) is 3.57. The molecular formula is C14H20N2O2. The Morgan fingerprint density at radius 3 is 2.72 bits per heavy atom. The maximum absolute atomic E-state index is 12.2. The zero-order valence-electron chi connectivity index (χ0n) is 10.7. The van der Waals surface area contributed by atoms with Crippen molar-refractivity contribution in [1.29, 1.82) is 0 Å². The minimum atomic E-state index is -0.709. The Morgan fingerprint density at radius 2 is 2.06 bits per heavy atom. The molecule has 18 heavy (non-hydrogen) atoms. The van der Waals surface area contributed by atoms with E-state index in [1.807, 2.05) is 31.2 Å². The van der Waals surface area contributed by atoms with Crippen molar-refractivity contribution in [2.75, 3.05) is 11.9 Å². The molecule has 4 heteroatoms. The van der Waals surface area contributed by atoms with Crippen LogP contribution in [0.3, 0.4) is 0 Å². The summed E-state index contributed by atoms with van der Waals surface area (Å²) in [6, 6.07) is 7.43. The van der Waals surface area contributed by atoms with Crippen molar-refractivity contribution in [3.63, 3.8) is 0 Å². The van der Waals surface area contributed by atoms with Gasteiger partial charge >= 0.3 is 0 Å². The van der Waals surface area contributed by atoms with Crippen molar-refractivity contribution < 1.29 is 9.53 Å². The van der Waals surface area contributed by atoms with E-state index < -0.39 is 5.54 Å². The van der Waals surface area contributed by atoms with E-state index in [2.05, 4.69) is 5.32 Å². The van der Waals surface area contributed by atoms with Gasteiger partial charge in [0.15, 0.2) is 0 Å². The SMILES string of the molecule is CCOc1ccccc1NC(=O)C1(N)CCCC1. The van der Waals surface area contributed by atoms with Gasteiger partial charge in [-0.25, -0.2) is 0 Å². The summed E-state index contributed by atoms with van der Waals surface area (Å²) in [5.41, 5.74) is 6.11. The number of amides is 1. The van der Waals surface area contributed by atoms with Crippen LogP contribution in [0.4, 0.5) is 5.69 Å². The molecule has 1 saturated carbocycles. The van der Waals surface area contributed by atoms with Gasteiger partial charge in [-0.1, -0.05) is 25.0 Å². The van der Waals surface area contributed by atoms with Gasteiger partial charge in [-0.3, -0.25) is 4.79 Å². The van der Waals surface area contributed by atoms with E-state index in [9.17, 15) is 4.79 Å². The number of anilines is 1. The van der Waals surface area contributed by atoms with Gasteiger partial charge in [-0.2, -0.15) is 0 Å². The smallest absolute Gasteiger partial charge is 0.244 e. The predicted octanol–water partition coefficient (Wildman–Crippen LogP) is 2.30. The lowest BCUT2D eigenvalue weighted by molar-refractivity contribution is -0.121. The molecule has 0 saturated heterocycles. The third kappa shape index (κ3) is 2.64. The Balaban J connectivity index is 2.11. The van der Waals surface area contributed by atoms with Crippen LogP contribution in [0.1, 0.15) is 32.6 Å². The lowest BCUT2D eigenvalue weighted by atomic mass is 9.98. The van der Waals surface area contributed by atoms with E-state index in [1.165, 1.54) is 0 Å². The molecule has 0 aliphatic heterocycles. The monoisotopic (exact) mass is 248 g/mol. The van der Waals surface area contributed by atoms with Crippen molar-refractivity contribution in [3.05, 3.63) is 24.3 Å². The molecule has 0 bridgehead atoms. The second kappa shape index (κ2) is 5.40. The van der Waals surface area contributed by atoms with E-state index in [4.69, 9.17) is 10.5 Å². The first kappa shape index (κ1) is 12.9. The van der Waals surface area contributed by atoms with Crippen LogP contribution in [-0.2, 0) is 4.79 Å². The topological polar surface area (TPSA) is 64.3 Å². The molecular weight excluding hydrogens is 228 g/mol. The van der Waals surface area contributed by atoms with Crippen molar-refractivity contribution in [3.8, 4) is 5.75 Å². The lowest BCUT2D eigenvalue weighted by Crippen LogP contribution is -2.48. The van der Waals surface area contributed by atoms with Gasteiger partial charge in [0.2, 0.25) is 5.91 Å². The highest BCUT2D eigenvalue weighted by molar-refractivity contribution is 5.99. The van der Waals surface area contributed by atoms with E-state index in [-0.39, 0.29) is 5.91 Å². The number of carbonyl (C=O) groups is 1. The summed E-state index contributed by atoms with van der Waals surface area (Å²) < 4.78 is 5.48. The number of nitrogens with two attached hydrogens (primary N) is 1. The Bertz CT molecular complexity index is 426. The molecule has 0 radical (unpaired) electrons. The number of nitrogens with one attached hydrogen (secondary N) is 1. The highest BCUT2D eigenvalue weighted by Crippen LogP contribution is 2.30. The average Bonchev–Trinajstić information content (AvgIpc) is 2.80. The van der Waals surface area contributed by atoms with Crippen LogP contribution >= 0.6 is 0 Å².